The molecule has 0 unspecified atom stereocenters. The Morgan fingerprint density at radius 1 is 1.17 bits per heavy atom. The van der Waals surface area contributed by atoms with Gasteiger partial charge >= 0.3 is 0 Å². The van der Waals surface area contributed by atoms with Crippen LogP contribution in [0.5, 0.6) is 0 Å². The molecule has 0 saturated carbocycles. The zero-order valence-electron chi connectivity index (χ0n) is 16.7. The summed E-state index contributed by atoms with van der Waals surface area (Å²) in [6, 6.07) is 5.32. The van der Waals surface area contributed by atoms with Gasteiger partial charge in [-0.2, -0.15) is 0 Å². The van der Waals surface area contributed by atoms with Gasteiger partial charge in [0.15, 0.2) is 5.79 Å². The van der Waals surface area contributed by atoms with Crippen molar-refractivity contribution < 1.29 is 23.9 Å². The summed E-state index contributed by atoms with van der Waals surface area (Å²) in [5.74, 6) is -0.622. The van der Waals surface area contributed by atoms with Gasteiger partial charge in [0, 0.05) is 50.5 Å². The number of rotatable bonds is 3. The van der Waals surface area contributed by atoms with E-state index in [4.69, 9.17) is 9.47 Å². The SMILES string of the molecule is CN(C)C(=O)c1ccc2c(c1)N(CC(=O)N1CCC3(CC1)OCCO3)C(=O)CS2. The van der Waals surface area contributed by atoms with E-state index in [0.29, 0.717) is 50.4 Å². The maximum Gasteiger partial charge on any atom is 0.253 e. The zero-order chi connectivity index (χ0) is 20.6. The Morgan fingerprint density at radius 3 is 2.52 bits per heavy atom. The van der Waals surface area contributed by atoms with E-state index in [2.05, 4.69) is 0 Å². The molecule has 0 bridgehead atoms. The van der Waals surface area contributed by atoms with E-state index in [1.165, 1.54) is 21.6 Å². The molecule has 0 aliphatic carbocycles. The van der Waals surface area contributed by atoms with E-state index in [0.717, 1.165) is 4.90 Å². The van der Waals surface area contributed by atoms with Crippen molar-refractivity contribution in [2.24, 2.45) is 0 Å². The molecule has 2 fully saturated rings. The molecule has 1 aromatic carbocycles. The van der Waals surface area contributed by atoms with Crippen LogP contribution >= 0.6 is 11.8 Å². The number of ether oxygens (including phenoxy) is 2. The molecule has 156 valence electrons. The predicted molar refractivity (Wildman–Crippen MR) is 108 cm³/mol. The second kappa shape index (κ2) is 7.97. The van der Waals surface area contributed by atoms with Crippen molar-refractivity contribution in [2.45, 2.75) is 23.5 Å². The Bertz CT molecular complexity index is 827. The number of carbonyl (C=O) groups is 3. The summed E-state index contributed by atoms with van der Waals surface area (Å²) in [6.07, 6.45) is 1.28. The quantitative estimate of drug-likeness (QED) is 0.732. The maximum absolute atomic E-state index is 12.9. The molecule has 3 aliphatic heterocycles. The number of piperidine rings is 1. The second-order valence-corrected chi connectivity index (χ2v) is 8.66. The fraction of sp³-hybridized carbons (Fsp3) is 0.550. The standard InChI is InChI=1S/C20H25N3O5S/c1-21(2)19(26)14-3-4-16-15(11-14)23(18(25)13-29-16)12-17(24)22-7-5-20(6-8-22)27-9-10-28-20/h3-4,11H,5-10,12-13H2,1-2H3. The van der Waals surface area contributed by atoms with E-state index in [1.807, 2.05) is 6.07 Å². The lowest BCUT2D eigenvalue weighted by Gasteiger charge is -2.38. The highest BCUT2D eigenvalue weighted by Gasteiger charge is 2.41. The molecule has 0 atom stereocenters. The Morgan fingerprint density at radius 2 is 1.86 bits per heavy atom. The third-order valence-electron chi connectivity index (χ3n) is 5.54. The minimum absolute atomic E-state index is 0.0271. The van der Waals surface area contributed by atoms with Gasteiger partial charge < -0.3 is 24.2 Å². The fourth-order valence-corrected chi connectivity index (χ4v) is 4.80. The summed E-state index contributed by atoms with van der Waals surface area (Å²) in [5.41, 5.74) is 1.13. The lowest BCUT2D eigenvalue weighted by molar-refractivity contribution is -0.187. The highest BCUT2D eigenvalue weighted by Crippen LogP contribution is 2.36. The molecule has 0 aromatic heterocycles. The van der Waals surface area contributed by atoms with Gasteiger partial charge in [-0.3, -0.25) is 14.4 Å². The maximum atomic E-state index is 12.9. The molecule has 0 N–H and O–H groups in total. The molecule has 8 nitrogen and oxygen atoms in total. The van der Waals surface area contributed by atoms with Crippen molar-refractivity contribution in [3.63, 3.8) is 0 Å². The van der Waals surface area contributed by atoms with Gasteiger partial charge in [0.05, 0.1) is 24.7 Å². The summed E-state index contributed by atoms with van der Waals surface area (Å²) in [6.45, 7) is 2.25. The number of hydrogen-bond donors (Lipinski definition) is 0. The van der Waals surface area contributed by atoms with Gasteiger partial charge in [-0.1, -0.05) is 0 Å². The molecule has 1 aromatic rings. The van der Waals surface area contributed by atoms with Crippen molar-refractivity contribution in [2.75, 3.05) is 57.6 Å². The number of amides is 3. The van der Waals surface area contributed by atoms with Gasteiger partial charge in [-0.25, -0.2) is 0 Å². The third kappa shape index (κ3) is 3.99. The average molecular weight is 420 g/mol. The van der Waals surface area contributed by atoms with Crippen LogP contribution in [0.25, 0.3) is 0 Å². The van der Waals surface area contributed by atoms with Gasteiger partial charge in [-0.15, -0.1) is 11.8 Å². The molecule has 3 amide bonds. The molecule has 29 heavy (non-hydrogen) atoms. The summed E-state index contributed by atoms with van der Waals surface area (Å²) >= 11 is 1.43. The zero-order valence-corrected chi connectivity index (χ0v) is 17.5. The van der Waals surface area contributed by atoms with Crippen LogP contribution in [-0.4, -0.2) is 86.0 Å². The van der Waals surface area contributed by atoms with Gasteiger partial charge in [0.1, 0.15) is 6.54 Å². The normalized spacial score (nSPS) is 20.7. The van der Waals surface area contributed by atoms with Crippen molar-refractivity contribution in [1.82, 2.24) is 9.80 Å². The van der Waals surface area contributed by atoms with Crippen molar-refractivity contribution >= 4 is 35.2 Å². The van der Waals surface area contributed by atoms with E-state index in [1.54, 1.807) is 31.1 Å². The first-order valence-electron chi connectivity index (χ1n) is 9.73. The Balaban J connectivity index is 1.48. The number of nitrogens with zero attached hydrogens (tertiary/aromatic N) is 3. The molecule has 0 radical (unpaired) electrons. The number of hydrogen-bond acceptors (Lipinski definition) is 6. The molecular weight excluding hydrogens is 394 g/mol. The lowest BCUT2D eigenvalue weighted by atomic mass is 10.0. The third-order valence-corrected chi connectivity index (χ3v) is 6.59. The average Bonchev–Trinajstić information content (AvgIpc) is 3.17. The van der Waals surface area contributed by atoms with Gasteiger partial charge in [0.25, 0.3) is 5.91 Å². The Hall–Kier alpha value is -2.10. The summed E-state index contributed by atoms with van der Waals surface area (Å²) in [7, 11) is 3.37. The predicted octanol–water partition coefficient (Wildman–Crippen LogP) is 1.19. The Kier molecular flexibility index (Phi) is 5.54. The van der Waals surface area contributed by atoms with E-state index < -0.39 is 5.79 Å². The highest BCUT2D eigenvalue weighted by molar-refractivity contribution is 8.00. The number of likely N-dealkylation sites (tertiary alicyclic amines) is 1. The Labute approximate surface area is 174 Å². The number of anilines is 1. The first-order chi connectivity index (χ1) is 13.9. The molecule has 2 saturated heterocycles. The van der Waals surface area contributed by atoms with Crippen molar-refractivity contribution in [1.29, 1.82) is 0 Å². The molecule has 3 aliphatic rings. The van der Waals surface area contributed by atoms with Crippen LogP contribution in [0.3, 0.4) is 0 Å². The van der Waals surface area contributed by atoms with Crippen LogP contribution in [0.15, 0.2) is 23.1 Å². The fourth-order valence-electron chi connectivity index (χ4n) is 3.88. The summed E-state index contributed by atoms with van der Waals surface area (Å²) in [5, 5.41) is 0. The van der Waals surface area contributed by atoms with Crippen LogP contribution in [0.2, 0.25) is 0 Å². The number of thioether (sulfide) groups is 1. The summed E-state index contributed by atoms with van der Waals surface area (Å²) in [4.78, 5) is 43.5. The summed E-state index contributed by atoms with van der Waals surface area (Å²) < 4.78 is 11.4. The van der Waals surface area contributed by atoms with Crippen LogP contribution in [0.4, 0.5) is 5.69 Å². The molecule has 4 rings (SSSR count). The monoisotopic (exact) mass is 419 g/mol. The van der Waals surface area contributed by atoms with Gasteiger partial charge in [-0.05, 0) is 18.2 Å². The molecule has 9 heteroatoms. The largest absolute Gasteiger partial charge is 0.347 e. The van der Waals surface area contributed by atoms with Crippen molar-refractivity contribution in [3.8, 4) is 0 Å². The van der Waals surface area contributed by atoms with Crippen LogP contribution in [0.1, 0.15) is 23.2 Å². The number of benzene rings is 1. The van der Waals surface area contributed by atoms with Crippen LogP contribution in [-0.2, 0) is 19.1 Å². The van der Waals surface area contributed by atoms with Gasteiger partial charge in [0.2, 0.25) is 11.8 Å². The minimum Gasteiger partial charge on any atom is -0.347 e. The number of carbonyl (C=O) groups excluding carboxylic acids is 3. The topological polar surface area (TPSA) is 79.4 Å². The molecule has 3 heterocycles. The van der Waals surface area contributed by atoms with Crippen molar-refractivity contribution in [3.05, 3.63) is 23.8 Å². The smallest absolute Gasteiger partial charge is 0.253 e. The van der Waals surface area contributed by atoms with Crippen LogP contribution < -0.4 is 4.90 Å². The number of fused-ring (bicyclic) bond motifs is 1. The lowest BCUT2D eigenvalue weighted by Crippen LogP contribution is -2.51. The van der Waals surface area contributed by atoms with Crippen LogP contribution in [0, 0.1) is 0 Å². The first kappa shape index (κ1) is 20.2. The van der Waals surface area contributed by atoms with E-state index in [9.17, 15) is 14.4 Å². The molecular formula is C20H25N3O5S. The molecule has 1 spiro atoms. The first-order valence-corrected chi connectivity index (χ1v) is 10.7. The highest BCUT2D eigenvalue weighted by atomic mass is 32.2. The van der Waals surface area contributed by atoms with E-state index >= 15 is 0 Å². The minimum atomic E-state index is -0.539. The van der Waals surface area contributed by atoms with E-state index in [-0.39, 0.29) is 30.0 Å². The second-order valence-electron chi connectivity index (χ2n) is 7.64.